The number of carbonyl (C=O) groups excluding carboxylic acids is 2. The van der Waals surface area contributed by atoms with Crippen LogP contribution < -0.4 is 5.32 Å². The topological polar surface area (TPSA) is 89.3 Å². The summed E-state index contributed by atoms with van der Waals surface area (Å²) in [6.45, 7) is 0. The molecule has 0 aliphatic carbocycles. The summed E-state index contributed by atoms with van der Waals surface area (Å²) in [5.41, 5.74) is 0.211. The number of ketones is 1. The number of rotatable bonds is 4. The van der Waals surface area contributed by atoms with Gasteiger partial charge in [-0.1, -0.05) is 30.3 Å². The number of hydrogen-bond donors (Lipinski definition) is 1. The molecule has 1 N–H and O–H groups in total. The highest BCUT2D eigenvalue weighted by Gasteiger charge is 2.21. The maximum atomic E-state index is 12.3. The molecule has 0 fully saturated rings. The summed E-state index contributed by atoms with van der Waals surface area (Å²) in [4.78, 5) is 34.3. The standard InChI is InChI=1S/C15H12N2O4/c1-16-15(19)12-9-11(7-8-13(12)17(20)21)14(18)10-5-3-2-4-6-10/h2-9H,1H3,(H,16,19). The summed E-state index contributed by atoms with van der Waals surface area (Å²) >= 11 is 0. The molecule has 0 saturated carbocycles. The van der Waals surface area contributed by atoms with Crippen LogP contribution in [0, 0.1) is 10.1 Å². The van der Waals surface area contributed by atoms with E-state index in [0.717, 1.165) is 0 Å². The van der Waals surface area contributed by atoms with E-state index < -0.39 is 10.8 Å². The second-order valence-electron chi connectivity index (χ2n) is 4.26. The molecule has 0 heterocycles. The first-order valence-corrected chi connectivity index (χ1v) is 6.15. The van der Waals surface area contributed by atoms with Crippen LogP contribution in [0.4, 0.5) is 5.69 Å². The summed E-state index contributed by atoms with van der Waals surface area (Å²) in [6.07, 6.45) is 0. The fourth-order valence-electron chi connectivity index (χ4n) is 1.91. The molecule has 0 aliphatic rings. The van der Waals surface area contributed by atoms with Gasteiger partial charge in [-0.2, -0.15) is 0 Å². The van der Waals surface area contributed by atoms with E-state index in [1.165, 1.54) is 25.2 Å². The number of amides is 1. The quantitative estimate of drug-likeness (QED) is 0.529. The minimum absolute atomic E-state index is 0.135. The third-order valence-electron chi connectivity index (χ3n) is 2.96. The van der Waals surface area contributed by atoms with Crippen molar-refractivity contribution in [2.45, 2.75) is 0 Å². The van der Waals surface area contributed by atoms with Crippen molar-refractivity contribution >= 4 is 17.4 Å². The van der Waals surface area contributed by atoms with Crippen molar-refractivity contribution in [2.75, 3.05) is 7.05 Å². The van der Waals surface area contributed by atoms with Gasteiger partial charge in [-0.15, -0.1) is 0 Å². The molecule has 0 radical (unpaired) electrons. The average molecular weight is 284 g/mol. The Bertz CT molecular complexity index is 711. The van der Waals surface area contributed by atoms with Crippen LogP contribution in [0.15, 0.2) is 48.5 Å². The first-order chi connectivity index (χ1) is 10.0. The van der Waals surface area contributed by atoms with Crippen molar-refractivity contribution in [3.05, 3.63) is 75.3 Å². The Labute approximate surface area is 120 Å². The average Bonchev–Trinajstić information content (AvgIpc) is 2.53. The van der Waals surface area contributed by atoms with Gasteiger partial charge in [0.1, 0.15) is 5.56 Å². The Hall–Kier alpha value is -3.02. The molecular weight excluding hydrogens is 272 g/mol. The third-order valence-corrected chi connectivity index (χ3v) is 2.96. The van der Waals surface area contributed by atoms with Crippen LogP contribution in [0.2, 0.25) is 0 Å². The molecule has 0 aliphatic heterocycles. The molecule has 0 saturated heterocycles. The first-order valence-electron chi connectivity index (χ1n) is 6.15. The fourth-order valence-corrected chi connectivity index (χ4v) is 1.91. The van der Waals surface area contributed by atoms with Gasteiger partial charge in [0.15, 0.2) is 5.78 Å². The van der Waals surface area contributed by atoms with Crippen LogP contribution >= 0.6 is 0 Å². The number of benzene rings is 2. The molecule has 0 aromatic heterocycles. The molecule has 2 rings (SSSR count). The van der Waals surface area contributed by atoms with Crippen molar-refractivity contribution in [1.29, 1.82) is 0 Å². The Kier molecular flexibility index (Phi) is 4.08. The van der Waals surface area contributed by atoms with Crippen molar-refractivity contribution in [1.82, 2.24) is 5.32 Å². The molecule has 106 valence electrons. The van der Waals surface area contributed by atoms with Crippen molar-refractivity contribution in [2.24, 2.45) is 0 Å². The minimum atomic E-state index is -0.651. The summed E-state index contributed by atoms with van der Waals surface area (Å²) in [7, 11) is 1.37. The summed E-state index contributed by atoms with van der Waals surface area (Å²) in [5, 5.41) is 13.3. The van der Waals surface area contributed by atoms with Crippen molar-refractivity contribution in [3.63, 3.8) is 0 Å². The molecule has 2 aromatic carbocycles. The molecule has 0 atom stereocenters. The summed E-state index contributed by atoms with van der Waals surface area (Å²) in [5.74, 6) is -0.903. The molecular formula is C15H12N2O4. The normalized spacial score (nSPS) is 9.95. The Morgan fingerprint density at radius 1 is 1.05 bits per heavy atom. The van der Waals surface area contributed by atoms with E-state index in [-0.39, 0.29) is 22.6 Å². The number of nitrogens with zero attached hydrogens (tertiary/aromatic N) is 1. The van der Waals surface area contributed by atoms with E-state index >= 15 is 0 Å². The summed E-state index contributed by atoms with van der Waals surface area (Å²) < 4.78 is 0. The van der Waals surface area contributed by atoms with Gasteiger partial charge in [0.2, 0.25) is 0 Å². The second kappa shape index (κ2) is 5.96. The highest BCUT2D eigenvalue weighted by molar-refractivity contribution is 6.10. The second-order valence-corrected chi connectivity index (χ2v) is 4.26. The smallest absolute Gasteiger partial charge is 0.282 e. The van der Waals surface area contributed by atoms with E-state index in [1.54, 1.807) is 30.3 Å². The molecule has 2 aromatic rings. The highest BCUT2D eigenvalue weighted by Crippen LogP contribution is 2.21. The zero-order valence-electron chi connectivity index (χ0n) is 11.2. The number of carbonyl (C=O) groups is 2. The van der Waals surface area contributed by atoms with E-state index in [9.17, 15) is 19.7 Å². The van der Waals surface area contributed by atoms with Gasteiger partial charge in [0.25, 0.3) is 11.6 Å². The highest BCUT2D eigenvalue weighted by atomic mass is 16.6. The number of nitro groups is 1. The van der Waals surface area contributed by atoms with Gasteiger partial charge in [0.05, 0.1) is 4.92 Å². The lowest BCUT2D eigenvalue weighted by Gasteiger charge is -2.05. The molecule has 0 spiro atoms. The molecule has 6 nitrogen and oxygen atoms in total. The van der Waals surface area contributed by atoms with E-state index in [4.69, 9.17) is 0 Å². The van der Waals surface area contributed by atoms with Crippen LogP contribution in [-0.4, -0.2) is 23.7 Å². The lowest BCUT2D eigenvalue weighted by Crippen LogP contribution is -2.20. The van der Waals surface area contributed by atoms with Gasteiger partial charge in [-0.05, 0) is 12.1 Å². The van der Waals surface area contributed by atoms with Crippen LogP contribution in [-0.2, 0) is 0 Å². The zero-order chi connectivity index (χ0) is 15.4. The predicted octanol–water partition coefficient (Wildman–Crippen LogP) is 2.19. The zero-order valence-corrected chi connectivity index (χ0v) is 11.2. The number of hydrogen-bond acceptors (Lipinski definition) is 4. The van der Waals surface area contributed by atoms with Crippen molar-refractivity contribution in [3.8, 4) is 0 Å². The first kappa shape index (κ1) is 14.4. The molecule has 21 heavy (non-hydrogen) atoms. The van der Waals surface area contributed by atoms with Crippen LogP contribution in [0.25, 0.3) is 0 Å². The SMILES string of the molecule is CNC(=O)c1cc(C(=O)c2ccccc2)ccc1[N+](=O)[O-]. The van der Waals surface area contributed by atoms with E-state index in [0.29, 0.717) is 5.56 Å². The third kappa shape index (κ3) is 2.94. The van der Waals surface area contributed by atoms with E-state index in [2.05, 4.69) is 5.32 Å². The van der Waals surface area contributed by atoms with Gasteiger partial charge in [0, 0.05) is 24.2 Å². The van der Waals surface area contributed by atoms with Gasteiger partial charge in [-0.25, -0.2) is 0 Å². The number of nitrogens with one attached hydrogen (secondary N) is 1. The monoisotopic (exact) mass is 284 g/mol. The fraction of sp³-hybridized carbons (Fsp3) is 0.0667. The largest absolute Gasteiger partial charge is 0.355 e. The van der Waals surface area contributed by atoms with Crippen LogP contribution in [0.5, 0.6) is 0 Å². The molecule has 6 heteroatoms. The minimum Gasteiger partial charge on any atom is -0.355 e. The Balaban J connectivity index is 2.50. The molecule has 0 bridgehead atoms. The van der Waals surface area contributed by atoms with Crippen LogP contribution in [0.1, 0.15) is 26.3 Å². The predicted molar refractivity (Wildman–Crippen MR) is 76.4 cm³/mol. The number of nitro benzene ring substituents is 1. The Morgan fingerprint density at radius 2 is 1.71 bits per heavy atom. The van der Waals surface area contributed by atoms with E-state index in [1.807, 2.05) is 0 Å². The van der Waals surface area contributed by atoms with Gasteiger partial charge in [-0.3, -0.25) is 19.7 Å². The maximum Gasteiger partial charge on any atom is 0.282 e. The van der Waals surface area contributed by atoms with Crippen LogP contribution in [0.3, 0.4) is 0 Å². The molecule has 1 amide bonds. The lowest BCUT2D eigenvalue weighted by atomic mass is 10.00. The van der Waals surface area contributed by atoms with Gasteiger partial charge < -0.3 is 5.32 Å². The molecule has 0 unspecified atom stereocenters. The summed E-state index contributed by atoms with van der Waals surface area (Å²) in [6, 6.07) is 12.3. The lowest BCUT2D eigenvalue weighted by molar-refractivity contribution is -0.385. The van der Waals surface area contributed by atoms with Crippen molar-refractivity contribution < 1.29 is 14.5 Å². The maximum absolute atomic E-state index is 12.3. The van der Waals surface area contributed by atoms with Gasteiger partial charge >= 0.3 is 0 Å². The Morgan fingerprint density at radius 3 is 2.29 bits per heavy atom.